The predicted octanol–water partition coefficient (Wildman–Crippen LogP) is 5.14. The molecule has 1 aromatic carbocycles. The zero-order valence-corrected chi connectivity index (χ0v) is 15.4. The maximum atomic E-state index is 13.5. The molecule has 3 nitrogen and oxygen atoms in total. The van der Waals surface area contributed by atoms with Crippen molar-refractivity contribution in [2.75, 3.05) is 6.54 Å². The van der Waals surface area contributed by atoms with Crippen molar-refractivity contribution in [3.05, 3.63) is 102 Å². The van der Waals surface area contributed by atoms with E-state index in [-0.39, 0.29) is 5.82 Å². The first-order valence-corrected chi connectivity index (χ1v) is 9.04. The molecule has 0 bridgehead atoms. The van der Waals surface area contributed by atoms with Gasteiger partial charge >= 0.3 is 0 Å². The molecule has 3 aromatic rings. The summed E-state index contributed by atoms with van der Waals surface area (Å²) in [5.41, 5.74) is 5.32. The normalized spacial score (nSPS) is 13.5. The monoisotopic (exact) mass is 375 g/mol. The number of aryl methyl sites for hydroxylation is 1. The maximum absolute atomic E-state index is 13.5. The van der Waals surface area contributed by atoms with Crippen LogP contribution >= 0.6 is 0 Å². The van der Waals surface area contributed by atoms with Crippen LogP contribution in [0.2, 0.25) is 0 Å². The molecule has 0 fully saturated rings. The number of allylic oxidation sites excluding steroid dienone is 2. The second-order valence-corrected chi connectivity index (χ2v) is 6.80. The van der Waals surface area contributed by atoms with E-state index in [1.165, 1.54) is 24.4 Å². The molecule has 1 aliphatic rings. The third kappa shape index (κ3) is 3.98. The molecule has 1 aliphatic heterocycles. The van der Waals surface area contributed by atoms with E-state index < -0.39 is 5.95 Å². The Morgan fingerprint density at radius 2 is 1.93 bits per heavy atom. The Morgan fingerprint density at radius 3 is 2.71 bits per heavy atom. The van der Waals surface area contributed by atoms with Crippen molar-refractivity contribution < 1.29 is 8.78 Å². The summed E-state index contributed by atoms with van der Waals surface area (Å²) in [5.74, 6) is -0.759. The molecular weight excluding hydrogens is 356 g/mol. The topological polar surface area (TPSA) is 29.0 Å². The quantitative estimate of drug-likeness (QED) is 0.591. The largest absolute Gasteiger partial charge is 0.369 e. The third-order valence-electron chi connectivity index (χ3n) is 4.64. The minimum atomic E-state index is -0.516. The highest BCUT2D eigenvalue weighted by atomic mass is 19.1. The van der Waals surface area contributed by atoms with Gasteiger partial charge in [-0.2, -0.15) is 4.39 Å². The van der Waals surface area contributed by atoms with Gasteiger partial charge in [-0.25, -0.2) is 9.37 Å². The van der Waals surface area contributed by atoms with E-state index in [9.17, 15) is 8.78 Å². The van der Waals surface area contributed by atoms with Crippen LogP contribution in [0.1, 0.15) is 16.7 Å². The average Bonchev–Trinajstić information content (AvgIpc) is 2.68. The molecule has 4 rings (SSSR count). The number of hydrogen-bond donors (Lipinski definition) is 0. The van der Waals surface area contributed by atoms with E-state index in [2.05, 4.69) is 27.0 Å². The molecule has 0 unspecified atom stereocenters. The van der Waals surface area contributed by atoms with Crippen molar-refractivity contribution in [2.24, 2.45) is 0 Å². The molecule has 0 N–H and O–H groups in total. The number of nitrogens with zero attached hydrogens (tertiary/aromatic N) is 3. The van der Waals surface area contributed by atoms with Crippen molar-refractivity contribution >= 4 is 5.57 Å². The zero-order valence-electron chi connectivity index (χ0n) is 15.4. The molecule has 0 saturated heterocycles. The Labute approximate surface area is 162 Å². The highest BCUT2D eigenvalue weighted by molar-refractivity contribution is 5.74. The molecule has 2 aromatic heterocycles. The van der Waals surface area contributed by atoms with Gasteiger partial charge in [0.1, 0.15) is 5.82 Å². The fourth-order valence-electron chi connectivity index (χ4n) is 3.36. The molecule has 0 spiro atoms. The van der Waals surface area contributed by atoms with Gasteiger partial charge in [0.25, 0.3) is 0 Å². The van der Waals surface area contributed by atoms with E-state index in [0.717, 1.165) is 34.5 Å². The van der Waals surface area contributed by atoms with Gasteiger partial charge in [0.05, 0.1) is 5.69 Å². The average molecular weight is 375 g/mol. The van der Waals surface area contributed by atoms with Crippen molar-refractivity contribution in [1.82, 2.24) is 14.9 Å². The van der Waals surface area contributed by atoms with E-state index in [1.807, 2.05) is 31.5 Å². The van der Waals surface area contributed by atoms with E-state index in [4.69, 9.17) is 0 Å². The SMILES string of the molecule is Cc1cc(CN2C=C(c3cccc(F)c3)C=CC2)cnc1-c1ccnc(F)c1. The smallest absolute Gasteiger partial charge is 0.213 e. The summed E-state index contributed by atoms with van der Waals surface area (Å²) in [5, 5.41) is 0. The van der Waals surface area contributed by atoms with Crippen LogP contribution in [0.5, 0.6) is 0 Å². The van der Waals surface area contributed by atoms with Gasteiger partial charge in [-0.15, -0.1) is 0 Å². The summed E-state index contributed by atoms with van der Waals surface area (Å²) >= 11 is 0. The minimum absolute atomic E-state index is 0.244. The Bertz CT molecular complexity index is 1070. The van der Waals surface area contributed by atoms with Crippen LogP contribution < -0.4 is 0 Å². The number of benzene rings is 1. The lowest BCUT2D eigenvalue weighted by Gasteiger charge is -2.24. The third-order valence-corrected chi connectivity index (χ3v) is 4.64. The lowest BCUT2D eigenvalue weighted by Crippen LogP contribution is -2.19. The van der Waals surface area contributed by atoms with Crippen LogP contribution in [0.3, 0.4) is 0 Å². The van der Waals surface area contributed by atoms with Crippen LogP contribution in [0.25, 0.3) is 16.8 Å². The predicted molar refractivity (Wildman–Crippen MR) is 106 cm³/mol. The summed E-state index contributed by atoms with van der Waals surface area (Å²) in [6.45, 7) is 3.42. The van der Waals surface area contributed by atoms with Crippen molar-refractivity contribution in [2.45, 2.75) is 13.5 Å². The highest BCUT2D eigenvalue weighted by Gasteiger charge is 2.11. The second kappa shape index (κ2) is 7.72. The van der Waals surface area contributed by atoms with Gasteiger partial charge in [0.2, 0.25) is 5.95 Å². The van der Waals surface area contributed by atoms with Crippen LogP contribution in [0, 0.1) is 18.7 Å². The molecular formula is C23H19F2N3. The van der Waals surface area contributed by atoms with Gasteiger partial charge in [0, 0.05) is 43.3 Å². The standard InChI is InChI=1S/C23H19F2N3/c1-16-10-17(13-27-23(16)19-7-8-26-22(25)12-19)14-28-9-3-5-20(15-28)18-4-2-6-21(24)11-18/h2-8,10-13,15H,9,14H2,1H3. The first-order chi connectivity index (χ1) is 13.6. The zero-order chi connectivity index (χ0) is 19.5. The Morgan fingerprint density at radius 1 is 1.04 bits per heavy atom. The number of rotatable bonds is 4. The number of pyridine rings is 2. The van der Waals surface area contributed by atoms with E-state index >= 15 is 0 Å². The lowest BCUT2D eigenvalue weighted by molar-refractivity contribution is 0.407. The first-order valence-electron chi connectivity index (χ1n) is 9.04. The summed E-state index contributed by atoms with van der Waals surface area (Å²) < 4.78 is 26.9. The second-order valence-electron chi connectivity index (χ2n) is 6.80. The molecule has 140 valence electrons. The number of aromatic nitrogens is 2. The minimum Gasteiger partial charge on any atom is -0.369 e. The summed E-state index contributed by atoms with van der Waals surface area (Å²) in [6.07, 6.45) is 9.37. The number of halogens is 2. The van der Waals surface area contributed by atoms with Gasteiger partial charge in [0.15, 0.2) is 0 Å². The van der Waals surface area contributed by atoms with Crippen LogP contribution in [0.4, 0.5) is 8.78 Å². The summed E-state index contributed by atoms with van der Waals surface area (Å²) in [6, 6.07) is 11.8. The number of hydrogen-bond acceptors (Lipinski definition) is 3. The molecule has 0 atom stereocenters. The van der Waals surface area contributed by atoms with Gasteiger partial charge in [-0.1, -0.05) is 30.4 Å². The molecule has 0 radical (unpaired) electrons. The Balaban J connectivity index is 1.54. The fraction of sp³-hybridized carbons (Fsp3) is 0.130. The summed E-state index contributed by atoms with van der Waals surface area (Å²) in [4.78, 5) is 10.3. The van der Waals surface area contributed by atoms with Crippen LogP contribution in [0.15, 0.2) is 73.2 Å². The molecule has 28 heavy (non-hydrogen) atoms. The molecule has 5 heteroatoms. The van der Waals surface area contributed by atoms with E-state index in [0.29, 0.717) is 12.1 Å². The Kier molecular flexibility index (Phi) is 4.98. The van der Waals surface area contributed by atoms with Crippen molar-refractivity contribution in [3.8, 4) is 11.3 Å². The Hall–Kier alpha value is -3.34. The lowest BCUT2D eigenvalue weighted by atomic mass is 10.0. The molecule has 0 saturated carbocycles. The maximum Gasteiger partial charge on any atom is 0.213 e. The van der Waals surface area contributed by atoms with Gasteiger partial charge in [-0.05, 0) is 47.4 Å². The van der Waals surface area contributed by atoms with Crippen LogP contribution in [-0.4, -0.2) is 21.4 Å². The summed E-state index contributed by atoms with van der Waals surface area (Å²) in [7, 11) is 0. The first kappa shape index (κ1) is 18.0. The van der Waals surface area contributed by atoms with E-state index in [1.54, 1.807) is 12.1 Å². The molecule has 0 aliphatic carbocycles. The molecule has 0 amide bonds. The van der Waals surface area contributed by atoms with Gasteiger partial charge < -0.3 is 4.90 Å². The fourth-order valence-corrected chi connectivity index (χ4v) is 3.36. The van der Waals surface area contributed by atoms with Gasteiger partial charge in [-0.3, -0.25) is 4.98 Å². The highest BCUT2D eigenvalue weighted by Crippen LogP contribution is 2.24. The van der Waals surface area contributed by atoms with Crippen LogP contribution in [-0.2, 0) is 6.54 Å². The van der Waals surface area contributed by atoms with Crippen molar-refractivity contribution in [1.29, 1.82) is 0 Å². The van der Waals surface area contributed by atoms with Crippen molar-refractivity contribution in [3.63, 3.8) is 0 Å². The molecule has 3 heterocycles.